The van der Waals surface area contributed by atoms with Crippen LogP contribution in [-0.4, -0.2) is 54.0 Å². The van der Waals surface area contributed by atoms with Gasteiger partial charge in [-0.05, 0) is 13.8 Å². The fourth-order valence-corrected chi connectivity index (χ4v) is 4.32. The van der Waals surface area contributed by atoms with Crippen LogP contribution in [0.3, 0.4) is 0 Å². The van der Waals surface area contributed by atoms with Crippen molar-refractivity contribution in [3.8, 4) is 6.07 Å². The van der Waals surface area contributed by atoms with Gasteiger partial charge >= 0.3 is 7.82 Å². The first-order valence-electron chi connectivity index (χ1n) is 7.35. The maximum absolute atomic E-state index is 11.7. The van der Waals surface area contributed by atoms with Gasteiger partial charge in [-0.15, -0.1) is 0 Å². The van der Waals surface area contributed by atoms with E-state index in [2.05, 4.69) is 15.1 Å². The normalized spacial score (nSPS) is 40.8. The van der Waals surface area contributed by atoms with Crippen molar-refractivity contribution in [1.82, 2.24) is 19.6 Å². The summed E-state index contributed by atoms with van der Waals surface area (Å²) in [5.41, 5.74) is -2.78. The Morgan fingerprint density at radius 3 is 3.00 bits per heavy atom. The van der Waals surface area contributed by atoms with Crippen molar-refractivity contribution in [3.63, 3.8) is 0 Å². The number of imidazole rings is 1. The Morgan fingerprint density at radius 2 is 2.28 bits per heavy atom. The van der Waals surface area contributed by atoms with Crippen molar-refractivity contribution in [2.75, 3.05) is 6.61 Å². The fraction of sp³-hybridized carbons (Fsp3) is 0.538. The van der Waals surface area contributed by atoms with Crippen LogP contribution in [0, 0.1) is 18.3 Å². The summed E-state index contributed by atoms with van der Waals surface area (Å²) >= 11 is 0. The first-order chi connectivity index (χ1) is 11.7. The molecule has 0 aromatic carbocycles. The molecular weight excluding hydrogens is 353 g/mol. The lowest BCUT2D eigenvalue weighted by atomic mass is 9.80. The predicted molar refractivity (Wildman–Crippen MR) is 79.0 cm³/mol. The Kier molecular flexibility index (Phi) is 3.34. The minimum absolute atomic E-state index is 0.159. The van der Waals surface area contributed by atoms with Crippen LogP contribution in [-0.2, 0) is 24.0 Å². The summed E-state index contributed by atoms with van der Waals surface area (Å²) in [6.45, 7) is 2.72. The highest BCUT2D eigenvalue weighted by Gasteiger charge is 2.69. The molecule has 2 aromatic rings. The molecule has 0 saturated carbocycles. The summed E-state index contributed by atoms with van der Waals surface area (Å²) in [7, 11) is -4.33. The van der Waals surface area contributed by atoms with Crippen LogP contribution < -0.4 is 0 Å². The van der Waals surface area contributed by atoms with Crippen LogP contribution in [0.2, 0.25) is 0 Å². The molecule has 11 nitrogen and oxygen atoms in total. The van der Waals surface area contributed by atoms with Gasteiger partial charge in [0.2, 0.25) is 5.60 Å². The molecule has 0 spiro atoms. The van der Waals surface area contributed by atoms with Gasteiger partial charge in [0.1, 0.15) is 35.9 Å². The van der Waals surface area contributed by atoms with Crippen LogP contribution in [0.15, 0.2) is 12.5 Å². The number of rotatable bonds is 1. The Hall–Kier alpha value is -1.93. The Bertz CT molecular complexity index is 954. The van der Waals surface area contributed by atoms with E-state index < -0.39 is 31.2 Å². The summed E-state index contributed by atoms with van der Waals surface area (Å²) in [6.07, 6.45) is 0.477. The van der Waals surface area contributed by atoms with E-state index in [1.54, 1.807) is 6.92 Å². The van der Waals surface area contributed by atoms with E-state index in [1.807, 2.05) is 6.07 Å². The molecule has 2 N–H and O–H groups in total. The molecule has 5 atom stereocenters. The van der Waals surface area contributed by atoms with Crippen LogP contribution in [0.5, 0.6) is 0 Å². The van der Waals surface area contributed by atoms with Crippen molar-refractivity contribution in [1.29, 1.82) is 5.26 Å². The average molecular weight is 367 g/mol. The van der Waals surface area contributed by atoms with Gasteiger partial charge in [-0.1, -0.05) is 0 Å². The zero-order valence-electron chi connectivity index (χ0n) is 13.2. The number of aryl methyl sites for hydroxylation is 1. The lowest BCUT2D eigenvalue weighted by Crippen LogP contribution is -2.53. The maximum atomic E-state index is 11.7. The van der Waals surface area contributed by atoms with Crippen molar-refractivity contribution >= 4 is 13.5 Å². The molecule has 0 amide bonds. The number of aromatic nitrogens is 4. The number of phosphoric ester groups is 1. The second-order valence-electron chi connectivity index (χ2n) is 6.11. The third-order valence-electron chi connectivity index (χ3n) is 4.58. The average Bonchev–Trinajstić information content (AvgIpc) is 3.07. The van der Waals surface area contributed by atoms with Gasteiger partial charge in [0.15, 0.2) is 5.65 Å². The van der Waals surface area contributed by atoms with Gasteiger partial charge in [-0.2, -0.15) is 10.4 Å². The number of ether oxygens (including phenoxy) is 1. The van der Waals surface area contributed by atoms with Gasteiger partial charge in [-0.25, -0.2) is 19.0 Å². The van der Waals surface area contributed by atoms with Crippen molar-refractivity contribution in [2.24, 2.45) is 0 Å². The van der Waals surface area contributed by atoms with Gasteiger partial charge in [-0.3, -0.25) is 9.05 Å². The summed E-state index contributed by atoms with van der Waals surface area (Å²) in [5.74, 6) is 0. The van der Waals surface area contributed by atoms with E-state index >= 15 is 0 Å². The fourth-order valence-electron chi connectivity index (χ4n) is 3.29. The molecule has 2 aliphatic rings. The molecule has 2 aromatic heterocycles. The van der Waals surface area contributed by atoms with E-state index in [9.17, 15) is 19.8 Å². The number of fused-ring (bicyclic) bond motifs is 2. The lowest BCUT2D eigenvalue weighted by molar-refractivity contribution is -0.104. The van der Waals surface area contributed by atoms with Gasteiger partial charge in [0, 0.05) is 0 Å². The summed E-state index contributed by atoms with van der Waals surface area (Å²) < 4.78 is 28.6. The smallest absolute Gasteiger partial charge is 0.383 e. The number of aliphatic hydroxyl groups is 1. The monoisotopic (exact) mass is 367 g/mol. The third kappa shape index (κ3) is 2.10. The molecule has 1 unspecified atom stereocenters. The zero-order chi connectivity index (χ0) is 18.0. The molecule has 2 fully saturated rings. The summed E-state index contributed by atoms with van der Waals surface area (Å²) in [5, 5.41) is 25.0. The molecule has 0 aliphatic carbocycles. The first-order valence-corrected chi connectivity index (χ1v) is 8.84. The highest BCUT2D eigenvalue weighted by atomic mass is 31.2. The minimum atomic E-state index is -4.33. The summed E-state index contributed by atoms with van der Waals surface area (Å²) in [4.78, 5) is 17.8. The molecule has 4 heterocycles. The number of nitrogens with zero attached hydrogens (tertiary/aromatic N) is 5. The van der Waals surface area contributed by atoms with E-state index in [1.165, 1.54) is 24.0 Å². The second-order valence-corrected chi connectivity index (χ2v) is 7.52. The largest absolute Gasteiger partial charge is 0.472 e. The number of hydrogen-bond donors (Lipinski definition) is 2. The van der Waals surface area contributed by atoms with E-state index in [0.29, 0.717) is 11.3 Å². The standard InChI is InChI=1S/C13H14N5O6P/c1-7-11-15-3-9(18(11)17-6-16-7)13(5-14)12(2,19)10-8(23-13)4-22-25(20,21)24-10/h3,6,8,10,19H,4H2,1-2H3,(H,20,21)/t8-,10-,12-,13+/m1/s1. The summed E-state index contributed by atoms with van der Waals surface area (Å²) in [6, 6.07) is 1.97. The van der Waals surface area contributed by atoms with E-state index in [-0.39, 0.29) is 12.3 Å². The Morgan fingerprint density at radius 1 is 1.52 bits per heavy atom. The molecule has 12 heteroatoms. The molecule has 25 heavy (non-hydrogen) atoms. The number of phosphoric acid groups is 1. The quantitative estimate of drug-likeness (QED) is 0.649. The SMILES string of the molecule is Cc1ncnn2c([C@]3(C#N)O[C@@H]4COP(=O)(O)O[C@H]4[C@@]3(C)O)cnc12. The van der Waals surface area contributed by atoms with Crippen molar-refractivity contribution < 1.29 is 28.3 Å². The Balaban J connectivity index is 1.91. The van der Waals surface area contributed by atoms with E-state index in [4.69, 9.17) is 13.8 Å². The van der Waals surface area contributed by atoms with Gasteiger partial charge < -0.3 is 14.7 Å². The molecule has 2 aliphatic heterocycles. The van der Waals surface area contributed by atoms with E-state index in [0.717, 1.165) is 0 Å². The third-order valence-corrected chi connectivity index (χ3v) is 5.55. The lowest BCUT2D eigenvalue weighted by Gasteiger charge is -2.35. The van der Waals surface area contributed by atoms with Gasteiger partial charge in [0.05, 0.1) is 18.5 Å². The molecular formula is C13H14N5O6P. The second kappa shape index (κ2) is 5.04. The molecule has 4 rings (SSSR count). The molecule has 2 saturated heterocycles. The van der Waals surface area contributed by atoms with Crippen LogP contribution in [0.25, 0.3) is 5.65 Å². The van der Waals surface area contributed by atoms with Crippen molar-refractivity contribution in [2.45, 2.75) is 37.3 Å². The number of nitriles is 1. The molecule has 0 radical (unpaired) electrons. The van der Waals surface area contributed by atoms with Crippen LogP contribution in [0.1, 0.15) is 18.3 Å². The Labute approximate surface area is 141 Å². The van der Waals surface area contributed by atoms with Crippen LogP contribution >= 0.6 is 7.82 Å². The molecule has 0 bridgehead atoms. The topological polar surface area (TPSA) is 152 Å². The number of hydrogen-bond acceptors (Lipinski definition) is 9. The zero-order valence-corrected chi connectivity index (χ0v) is 14.1. The predicted octanol–water partition coefficient (Wildman–Crippen LogP) is -0.183. The highest BCUT2D eigenvalue weighted by Crippen LogP contribution is 2.57. The first kappa shape index (κ1) is 16.5. The molecule has 132 valence electrons. The minimum Gasteiger partial charge on any atom is -0.383 e. The van der Waals surface area contributed by atoms with Gasteiger partial charge in [0.25, 0.3) is 0 Å². The highest BCUT2D eigenvalue weighted by molar-refractivity contribution is 7.47. The van der Waals surface area contributed by atoms with Crippen LogP contribution in [0.4, 0.5) is 0 Å². The van der Waals surface area contributed by atoms with Crippen molar-refractivity contribution in [3.05, 3.63) is 23.9 Å². The maximum Gasteiger partial charge on any atom is 0.472 e.